The van der Waals surface area contributed by atoms with Crippen LogP contribution in [0.15, 0.2) is 53.3 Å². The number of nitrogens with zero attached hydrogens (tertiary/aromatic N) is 2. The van der Waals surface area contributed by atoms with Gasteiger partial charge < -0.3 is 5.32 Å². The van der Waals surface area contributed by atoms with Crippen molar-refractivity contribution in [3.63, 3.8) is 0 Å². The Balaban J connectivity index is 1.89. The number of aryl methyl sites for hydroxylation is 2. The third-order valence-electron chi connectivity index (χ3n) is 4.03. The summed E-state index contributed by atoms with van der Waals surface area (Å²) in [6, 6.07) is 15.2. The summed E-state index contributed by atoms with van der Waals surface area (Å²) < 4.78 is 3.06. The second-order valence-corrected chi connectivity index (χ2v) is 5.48. The van der Waals surface area contributed by atoms with Crippen LogP contribution in [-0.4, -0.2) is 15.0 Å². The van der Waals surface area contributed by atoms with Gasteiger partial charge in [-0.15, -0.1) is 0 Å². The maximum Gasteiger partial charge on any atom is 0.329 e. The van der Waals surface area contributed by atoms with Gasteiger partial charge in [0.15, 0.2) is 0 Å². The minimum Gasteiger partial charge on any atom is -0.324 e. The predicted molar refractivity (Wildman–Crippen MR) is 91.6 cm³/mol. The summed E-state index contributed by atoms with van der Waals surface area (Å²) in [5.41, 5.74) is 3.27. The van der Waals surface area contributed by atoms with Crippen molar-refractivity contribution in [3.8, 4) is 0 Å². The third-order valence-corrected chi connectivity index (χ3v) is 4.03. The highest BCUT2D eigenvalue weighted by molar-refractivity contribution is 5.92. The lowest BCUT2D eigenvalue weighted by atomic mass is 10.1. The van der Waals surface area contributed by atoms with E-state index in [2.05, 4.69) is 5.32 Å². The average molecular weight is 309 g/mol. The number of amides is 1. The van der Waals surface area contributed by atoms with E-state index >= 15 is 0 Å². The van der Waals surface area contributed by atoms with Crippen molar-refractivity contribution < 1.29 is 4.79 Å². The first-order chi connectivity index (χ1) is 11.1. The van der Waals surface area contributed by atoms with Crippen LogP contribution in [0.25, 0.3) is 11.0 Å². The van der Waals surface area contributed by atoms with Gasteiger partial charge in [0.2, 0.25) is 5.91 Å². The Hall–Kier alpha value is -2.82. The molecule has 0 saturated heterocycles. The van der Waals surface area contributed by atoms with Crippen molar-refractivity contribution in [1.29, 1.82) is 0 Å². The molecule has 0 spiro atoms. The van der Waals surface area contributed by atoms with Crippen molar-refractivity contribution in [1.82, 2.24) is 9.13 Å². The molecule has 1 aromatic heterocycles. The SMILES string of the molecule is CCc1ccccc1NC(=O)Cn1c(=O)n(C)c2ccccc21. The molecule has 0 atom stereocenters. The molecule has 23 heavy (non-hydrogen) atoms. The fourth-order valence-electron chi connectivity index (χ4n) is 2.80. The summed E-state index contributed by atoms with van der Waals surface area (Å²) in [5, 5.41) is 2.90. The van der Waals surface area contributed by atoms with Crippen molar-refractivity contribution >= 4 is 22.6 Å². The Morgan fingerprint density at radius 2 is 1.70 bits per heavy atom. The number of hydrogen-bond acceptors (Lipinski definition) is 2. The quantitative estimate of drug-likeness (QED) is 0.805. The zero-order valence-corrected chi connectivity index (χ0v) is 13.2. The summed E-state index contributed by atoms with van der Waals surface area (Å²) in [6.07, 6.45) is 0.838. The second-order valence-electron chi connectivity index (χ2n) is 5.48. The van der Waals surface area contributed by atoms with E-state index in [9.17, 15) is 9.59 Å². The van der Waals surface area contributed by atoms with E-state index in [0.717, 1.165) is 28.7 Å². The predicted octanol–water partition coefficient (Wildman–Crippen LogP) is 2.54. The second kappa shape index (κ2) is 6.12. The molecule has 0 unspecified atom stereocenters. The lowest BCUT2D eigenvalue weighted by Gasteiger charge is -2.10. The van der Waals surface area contributed by atoms with Gasteiger partial charge in [0.1, 0.15) is 6.54 Å². The maximum atomic E-state index is 12.4. The fourth-order valence-corrected chi connectivity index (χ4v) is 2.80. The maximum absolute atomic E-state index is 12.4. The Morgan fingerprint density at radius 3 is 2.43 bits per heavy atom. The molecule has 0 radical (unpaired) electrons. The van der Waals surface area contributed by atoms with Crippen LogP contribution in [0.3, 0.4) is 0 Å². The first-order valence-corrected chi connectivity index (χ1v) is 7.64. The van der Waals surface area contributed by atoms with Gasteiger partial charge in [0.25, 0.3) is 0 Å². The summed E-state index contributed by atoms with van der Waals surface area (Å²) in [4.78, 5) is 24.7. The lowest BCUT2D eigenvalue weighted by Crippen LogP contribution is -2.28. The molecule has 0 fully saturated rings. The Bertz CT molecular complexity index is 921. The number of imidazole rings is 1. The number of carbonyl (C=O) groups excluding carboxylic acids is 1. The van der Waals surface area contributed by atoms with Crippen molar-refractivity contribution in [3.05, 3.63) is 64.6 Å². The number of carbonyl (C=O) groups is 1. The van der Waals surface area contributed by atoms with E-state index < -0.39 is 0 Å². The van der Waals surface area contributed by atoms with Gasteiger partial charge in [-0.1, -0.05) is 37.3 Å². The van der Waals surface area contributed by atoms with Crippen LogP contribution in [0.1, 0.15) is 12.5 Å². The monoisotopic (exact) mass is 309 g/mol. The molecule has 3 rings (SSSR count). The highest BCUT2D eigenvalue weighted by Gasteiger charge is 2.13. The van der Waals surface area contributed by atoms with Crippen LogP contribution < -0.4 is 11.0 Å². The van der Waals surface area contributed by atoms with Gasteiger partial charge in [-0.25, -0.2) is 4.79 Å². The fraction of sp³-hybridized carbons (Fsp3) is 0.222. The smallest absolute Gasteiger partial charge is 0.324 e. The molecule has 0 aliphatic rings. The van der Waals surface area contributed by atoms with Crippen LogP contribution >= 0.6 is 0 Å². The third kappa shape index (κ3) is 2.77. The number of anilines is 1. The molecule has 3 aromatic rings. The number of fused-ring (bicyclic) bond motifs is 1. The molecule has 2 aromatic carbocycles. The number of nitrogens with one attached hydrogen (secondary N) is 1. The molecule has 0 aliphatic carbocycles. The Kier molecular flexibility index (Phi) is 4.02. The molecule has 1 N–H and O–H groups in total. The highest BCUT2D eigenvalue weighted by Crippen LogP contribution is 2.16. The number of rotatable bonds is 4. The highest BCUT2D eigenvalue weighted by atomic mass is 16.2. The molecule has 0 aliphatic heterocycles. The van der Waals surface area contributed by atoms with Gasteiger partial charge in [-0.3, -0.25) is 13.9 Å². The van der Waals surface area contributed by atoms with Crippen molar-refractivity contribution in [2.75, 3.05) is 5.32 Å². The molecule has 5 nitrogen and oxygen atoms in total. The number of aromatic nitrogens is 2. The van der Waals surface area contributed by atoms with Gasteiger partial charge in [0, 0.05) is 12.7 Å². The van der Waals surface area contributed by atoms with Crippen LogP contribution in [0.4, 0.5) is 5.69 Å². The topological polar surface area (TPSA) is 56.0 Å². The summed E-state index contributed by atoms with van der Waals surface area (Å²) >= 11 is 0. The number of hydrogen-bond donors (Lipinski definition) is 1. The summed E-state index contributed by atoms with van der Waals surface area (Å²) in [5.74, 6) is -0.204. The lowest BCUT2D eigenvalue weighted by molar-refractivity contribution is -0.116. The van der Waals surface area contributed by atoms with Gasteiger partial charge in [-0.05, 0) is 30.2 Å². The molecule has 1 heterocycles. The number of benzene rings is 2. The van der Waals surface area contributed by atoms with Crippen molar-refractivity contribution in [2.24, 2.45) is 7.05 Å². The summed E-state index contributed by atoms with van der Waals surface area (Å²) in [7, 11) is 1.71. The van der Waals surface area contributed by atoms with Crippen LogP contribution in [0.5, 0.6) is 0 Å². The van der Waals surface area contributed by atoms with E-state index in [0.29, 0.717) is 0 Å². The zero-order valence-electron chi connectivity index (χ0n) is 13.2. The van der Waals surface area contributed by atoms with E-state index in [1.54, 1.807) is 11.6 Å². The van der Waals surface area contributed by atoms with E-state index in [4.69, 9.17) is 0 Å². The Labute approximate surface area is 134 Å². The summed E-state index contributed by atoms with van der Waals surface area (Å²) in [6.45, 7) is 2.04. The molecule has 0 saturated carbocycles. The number of para-hydroxylation sites is 3. The molecule has 118 valence electrons. The van der Waals surface area contributed by atoms with E-state index in [1.165, 1.54) is 4.57 Å². The standard InChI is InChI=1S/C18H19N3O2/c1-3-13-8-4-5-9-14(13)19-17(22)12-21-16-11-7-6-10-15(16)20(2)18(21)23/h4-11H,3,12H2,1-2H3,(H,19,22). The average Bonchev–Trinajstić information content (AvgIpc) is 2.81. The van der Waals surface area contributed by atoms with Gasteiger partial charge >= 0.3 is 5.69 Å². The van der Waals surface area contributed by atoms with Crippen molar-refractivity contribution in [2.45, 2.75) is 19.9 Å². The Morgan fingerprint density at radius 1 is 1.04 bits per heavy atom. The van der Waals surface area contributed by atoms with E-state index in [1.807, 2.05) is 55.5 Å². The molecular weight excluding hydrogens is 290 g/mol. The molecular formula is C18H19N3O2. The zero-order chi connectivity index (χ0) is 16.4. The van der Waals surface area contributed by atoms with Crippen LogP contribution in [0, 0.1) is 0 Å². The van der Waals surface area contributed by atoms with Gasteiger partial charge in [-0.2, -0.15) is 0 Å². The van der Waals surface area contributed by atoms with E-state index in [-0.39, 0.29) is 18.1 Å². The van der Waals surface area contributed by atoms with Crippen LogP contribution in [-0.2, 0) is 24.8 Å². The molecule has 1 amide bonds. The van der Waals surface area contributed by atoms with Crippen LogP contribution in [0.2, 0.25) is 0 Å². The minimum absolute atomic E-state index is 0.00175. The molecule has 5 heteroatoms. The first kappa shape index (κ1) is 15.1. The normalized spacial score (nSPS) is 10.9. The largest absolute Gasteiger partial charge is 0.329 e. The van der Waals surface area contributed by atoms with Gasteiger partial charge in [0.05, 0.1) is 11.0 Å². The first-order valence-electron chi connectivity index (χ1n) is 7.64. The molecule has 0 bridgehead atoms. The minimum atomic E-state index is -0.204.